The maximum Gasteiger partial charge on any atom is 0.00133 e. The molecule has 0 heterocycles. The maximum absolute atomic E-state index is 3.68. The van der Waals surface area contributed by atoms with E-state index in [0.717, 1.165) is 6.54 Å². The molecule has 1 nitrogen and oxygen atoms in total. The minimum Gasteiger partial charge on any atom is -0.314 e. The molecule has 114 valence electrons. The summed E-state index contributed by atoms with van der Waals surface area (Å²) in [5.74, 6) is 0. The Morgan fingerprint density at radius 1 is 1.10 bits per heavy atom. The molecule has 1 unspecified atom stereocenters. The lowest BCUT2D eigenvalue weighted by atomic mass is 9.75. The second kappa shape index (κ2) is 8.46. The van der Waals surface area contributed by atoms with E-state index < -0.39 is 0 Å². The third-order valence-corrected chi connectivity index (χ3v) is 4.40. The van der Waals surface area contributed by atoms with Crippen LogP contribution in [0.5, 0.6) is 0 Å². The molecule has 1 aromatic carbocycles. The molecular weight excluding hydrogens is 242 g/mol. The van der Waals surface area contributed by atoms with Gasteiger partial charge in [0.15, 0.2) is 0 Å². The van der Waals surface area contributed by atoms with E-state index in [-0.39, 0.29) is 0 Å². The molecule has 1 atom stereocenters. The molecule has 0 fully saturated rings. The van der Waals surface area contributed by atoms with Gasteiger partial charge < -0.3 is 5.32 Å². The highest BCUT2D eigenvalue weighted by molar-refractivity contribution is 5.22. The second-order valence-corrected chi connectivity index (χ2v) is 6.66. The molecule has 0 spiro atoms. The van der Waals surface area contributed by atoms with Crippen LogP contribution in [0.15, 0.2) is 24.3 Å². The minimum absolute atomic E-state index is 0.412. The molecular formula is C19H33N. The summed E-state index contributed by atoms with van der Waals surface area (Å²) in [5.41, 5.74) is 3.25. The van der Waals surface area contributed by atoms with Gasteiger partial charge in [-0.25, -0.2) is 0 Å². The van der Waals surface area contributed by atoms with E-state index in [4.69, 9.17) is 0 Å². The summed E-state index contributed by atoms with van der Waals surface area (Å²) in [6.07, 6.45) is 6.40. The Bertz CT molecular complexity index is 366. The topological polar surface area (TPSA) is 12.0 Å². The molecule has 0 aliphatic heterocycles. The van der Waals surface area contributed by atoms with Crippen LogP contribution < -0.4 is 5.32 Å². The summed E-state index contributed by atoms with van der Waals surface area (Å²) in [7, 11) is 0. The van der Waals surface area contributed by atoms with Crippen molar-refractivity contribution in [3.05, 3.63) is 35.4 Å². The van der Waals surface area contributed by atoms with Crippen LogP contribution >= 0.6 is 0 Å². The van der Waals surface area contributed by atoms with Crippen molar-refractivity contribution in [1.82, 2.24) is 5.32 Å². The number of hydrogen-bond acceptors (Lipinski definition) is 1. The van der Waals surface area contributed by atoms with Crippen LogP contribution in [0, 0.1) is 12.3 Å². The summed E-state index contributed by atoms with van der Waals surface area (Å²) < 4.78 is 0. The van der Waals surface area contributed by atoms with Gasteiger partial charge in [-0.15, -0.1) is 0 Å². The average molecular weight is 275 g/mol. The van der Waals surface area contributed by atoms with E-state index in [0.29, 0.717) is 11.5 Å². The van der Waals surface area contributed by atoms with Crippen molar-refractivity contribution in [3.63, 3.8) is 0 Å². The molecule has 0 aliphatic rings. The molecule has 0 amide bonds. The van der Waals surface area contributed by atoms with Gasteiger partial charge in [0.05, 0.1) is 0 Å². The largest absolute Gasteiger partial charge is 0.314 e. The molecule has 0 saturated carbocycles. The first kappa shape index (κ1) is 17.2. The maximum atomic E-state index is 3.68. The molecule has 0 aliphatic carbocycles. The fraction of sp³-hybridized carbons (Fsp3) is 0.684. The van der Waals surface area contributed by atoms with Gasteiger partial charge in [0.2, 0.25) is 0 Å². The zero-order valence-corrected chi connectivity index (χ0v) is 14.1. The summed E-state index contributed by atoms with van der Waals surface area (Å²) in [4.78, 5) is 0. The molecule has 1 aromatic rings. The van der Waals surface area contributed by atoms with Crippen molar-refractivity contribution in [2.24, 2.45) is 5.41 Å². The standard InChI is InChI=1S/C19H33N/c1-6-8-13-19(7-2,15-20-16(3)4)14-18-11-9-17(5)10-12-18/h9-12,16,20H,6-8,13-15H2,1-5H3. The average Bonchev–Trinajstić information content (AvgIpc) is 2.44. The van der Waals surface area contributed by atoms with E-state index in [1.807, 2.05) is 0 Å². The molecule has 1 N–H and O–H groups in total. The van der Waals surface area contributed by atoms with Crippen molar-refractivity contribution in [3.8, 4) is 0 Å². The Morgan fingerprint density at radius 2 is 1.75 bits per heavy atom. The lowest BCUT2D eigenvalue weighted by Crippen LogP contribution is -2.39. The van der Waals surface area contributed by atoms with Gasteiger partial charge in [-0.1, -0.05) is 70.4 Å². The fourth-order valence-corrected chi connectivity index (χ4v) is 2.78. The monoisotopic (exact) mass is 275 g/mol. The predicted molar refractivity (Wildman–Crippen MR) is 90.3 cm³/mol. The van der Waals surface area contributed by atoms with E-state index in [9.17, 15) is 0 Å². The van der Waals surface area contributed by atoms with Gasteiger partial charge in [-0.2, -0.15) is 0 Å². The Kier molecular flexibility index (Phi) is 7.29. The van der Waals surface area contributed by atoms with E-state index in [1.54, 1.807) is 0 Å². The summed E-state index contributed by atoms with van der Waals surface area (Å²) in [6, 6.07) is 9.67. The molecule has 0 radical (unpaired) electrons. The molecule has 0 saturated heterocycles. The summed E-state index contributed by atoms with van der Waals surface area (Å²) in [6.45, 7) is 12.4. The lowest BCUT2D eigenvalue weighted by Gasteiger charge is -2.34. The van der Waals surface area contributed by atoms with Crippen LogP contribution in [0.25, 0.3) is 0 Å². The van der Waals surface area contributed by atoms with Crippen molar-refractivity contribution in [2.45, 2.75) is 72.8 Å². The first-order valence-electron chi connectivity index (χ1n) is 8.30. The molecule has 1 heteroatoms. The van der Waals surface area contributed by atoms with Gasteiger partial charge in [0, 0.05) is 12.6 Å². The molecule has 0 aromatic heterocycles. The van der Waals surface area contributed by atoms with Crippen molar-refractivity contribution < 1.29 is 0 Å². The Balaban J connectivity index is 2.80. The molecule has 1 rings (SSSR count). The third kappa shape index (κ3) is 5.66. The highest BCUT2D eigenvalue weighted by atomic mass is 14.9. The van der Waals surface area contributed by atoms with Gasteiger partial charge in [-0.3, -0.25) is 0 Å². The molecule has 20 heavy (non-hydrogen) atoms. The number of unbranched alkanes of at least 4 members (excludes halogenated alkanes) is 1. The van der Waals surface area contributed by atoms with E-state index in [2.05, 4.69) is 64.2 Å². The van der Waals surface area contributed by atoms with E-state index >= 15 is 0 Å². The number of nitrogens with one attached hydrogen (secondary N) is 1. The highest BCUT2D eigenvalue weighted by Crippen LogP contribution is 2.32. The smallest absolute Gasteiger partial charge is 0.00133 e. The first-order valence-corrected chi connectivity index (χ1v) is 8.30. The normalized spacial score (nSPS) is 14.5. The Hall–Kier alpha value is -0.820. The predicted octanol–water partition coefficient (Wildman–Crippen LogP) is 5.12. The van der Waals surface area contributed by atoms with Gasteiger partial charge in [0.1, 0.15) is 0 Å². The van der Waals surface area contributed by atoms with Gasteiger partial charge >= 0.3 is 0 Å². The van der Waals surface area contributed by atoms with Gasteiger partial charge in [0.25, 0.3) is 0 Å². The number of rotatable bonds is 9. The van der Waals surface area contributed by atoms with E-state index in [1.165, 1.54) is 43.2 Å². The first-order chi connectivity index (χ1) is 9.51. The van der Waals surface area contributed by atoms with Crippen molar-refractivity contribution >= 4 is 0 Å². The summed E-state index contributed by atoms with van der Waals surface area (Å²) in [5, 5.41) is 3.68. The summed E-state index contributed by atoms with van der Waals surface area (Å²) >= 11 is 0. The van der Waals surface area contributed by atoms with Crippen molar-refractivity contribution in [2.75, 3.05) is 6.54 Å². The van der Waals surface area contributed by atoms with Gasteiger partial charge in [-0.05, 0) is 37.2 Å². The number of benzene rings is 1. The lowest BCUT2D eigenvalue weighted by molar-refractivity contribution is 0.223. The number of hydrogen-bond donors (Lipinski definition) is 1. The third-order valence-electron chi connectivity index (χ3n) is 4.40. The van der Waals surface area contributed by atoms with Crippen LogP contribution in [-0.4, -0.2) is 12.6 Å². The fourth-order valence-electron chi connectivity index (χ4n) is 2.78. The zero-order chi connectivity index (χ0) is 15.0. The Labute approximate surface area is 126 Å². The minimum atomic E-state index is 0.412. The van der Waals surface area contributed by atoms with Crippen LogP contribution in [0.4, 0.5) is 0 Å². The quantitative estimate of drug-likeness (QED) is 0.659. The molecule has 0 bridgehead atoms. The number of aryl methyl sites for hydroxylation is 1. The van der Waals surface area contributed by atoms with Crippen LogP contribution in [0.2, 0.25) is 0 Å². The van der Waals surface area contributed by atoms with Crippen LogP contribution in [0.3, 0.4) is 0 Å². The second-order valence-electron chi connectivity index (χ2n) is 6.66. The highest BCUT2D eigenvalue weighted by Gasteiger charge is 2.27. The van der Waals surface area contributed by atoms with Crippen molar-refractivity contribution in [1.29, 1.82) is 0 Å². The zero-order valence-electron chi connectivity index (χ0n) is 14.1. The Morgan fingerprint density at radius 3 is 2.25 bits per heavy atom. The SMILES string of the molecule is CCCCC(CC)(CNC(C)C)Cc1ccc(C)cc1. The van der Waals surface area contributed by atoms with Crippen LogP contribution in [0.1, 0.15) is 64.5 Å². The van der Waals surface area contributed by atoms with Crippen LogP contribution in [-0.2, 0) is 6.42 Å².